The number of carbonyl (C=O) groups is 1. The highest BCUT2D eigenvalue weighted by atomic mass is 16.5. The second kappa shape index (κ2) is 8.10. The summed E-state index contributed by atoms with van der Waals surface area (Å²) in [5.74, 6) is 5.73. The molecule has 4 heteroatoms. The molecule has 1 aliphatic heterocycles. The molecule has 0 radical (unpaired) electrons. The highest BCUT2D eigenvalue weighted by Crippen LogP contribution is 2.13. The van der Waals surface area contributed by atoms with E-state index >= 15 is 0 Å². The first-order chi connectivity index (χ1) is 8.26. The van der Waals surface area contributed by atoms with Crippen LogP contribution in [0.15, 0.2) is 0 Å². The van der Waals surface area contributed by atoms with Crippen LogP contribution in [0.25, 0.3) is 0 Å². The van der Waals surface area contributed by atoms with Crippen LogP contribution in [0.2, 0.25) is 0 Å². The van der Waals surface area contributed by atoms with Crippen LogP contribution in [-0.4, -0.2) is 50.3 Å². The fraction of sp³-hybridized carbons (Fsp3) is 0.769. The minimum Gasteiger partial charge on any atom is -0.469 e. The largest absolute Gasteiger partial charge is 0.469 e. The Morgan fingerprint density at radius 1 is 1.59 bits per heavy atom. The SMILES string of the molecule is CC#CCN(CCC(=O)OC)CC1CCCO1. The molecule has 1 saturated heterocycles. The molecule has 0 aromatic heterocycles. The van der Waals surface area contributed by atoms with E-state index in [1.54, 1.807) is 0 Å². The van der Waals surface area contributed by atoms with Crippen LogP contribution in [0.5, 0.6) is 0 Å². The van der Waals surface area contributed by atoms with Crippen molar-refractivity contribution in [3.05, 3.63) is 0 Å². The van der Waals surface area contributed by atoms with Crippen LogP contribution in [0.1, 0.15) is 26.2 Å². The number of methoxy groups -OCH3 is 1. The van der Waals surface area contributed by atoms with E-state index in [0.717, 1.165) is 26.0 Å². The van der Waals surface area contributed by atoms with E-state index in [-0.39, 0.29) is 5.97 Å². The van der Waals surface area contributed by atoms with Gasteiger partial charge in [-0.2, -0.15) is 0 Å². The van der Waals surface area contributed by atoms with E-state index in [1.165, 1.54) is 7.11 Å². The van der Waals surface area contributed by atoms with Gasteiger partial charge in [0.25, 0.3) is 0 Å². The summed E-state index contributed by atoms with van der Waals surface area (Å²) >= 11 is 0. The Morgan fingerprint density at radius 3 is 3.00 bits per heavy atom. The van der Waals surface area contributed by atoms with Gasteiger partial charge in [-0.15, -0.1) is 5.92 Å². The predicted molar refractivity (Wildman–Crippen MR) is 65.5 cm³/mol. The summed E-state index contributed by atoms with van der Waals surface area (Å²) in [5.41, 5.74) is 0. The summed E-state index contributed by atoms with van der Waals surface area (Å²) in [4.78, 5) is 13.3. The number of nitrogens with zero attached hydrogens (tertiary/aromatic N) is 1. The maximum Gasteiger partial charge on any atom is 0.306 e. The molecule has 0 amide bonds. The van der Waals surface area contributed by atoms with Crippen molar-refractivity contribution in [3.8, 4) is 11.8 Å². The Balaban J connectivity index is 2.34. The van der Waals surface area contributed by atoms with E-state index in [2.05, 4.69) is 21.5 Å². The van der Waals surface area contributed by atoms with Gasteiger partial charge in [0.2, 0.25) is 0 Å². The lowest BCUT2D eigenvalue weighted by atomic mass is 10.2. The summed E-state index contributed by atoms with van der Waals surface area (Å²) in [7, 11) is 1.42. The van der Waals surface area contributed by atoms with Crippen LogP contribution < -0.4 is 0 Å². The molecule has 1 rings (SSSR count). The second-order valence-corrected chi connectivity index (χ2v) is 4.12. The second-order valence-electron chi connectivity index (χ2n) is 4.12. The van der Waals surface area contributed by atoms with E-state index < -0.39 is 0 Å². The van der Waals surface area contributed by atoms with Gasteiger partial charge in [0.15, 0.2) is 0 Å². The molecule has 1 atom stereocenters. The molecular weight excluding hydrogens is 218 g/mol. The van der Waals surface area contributed by atoms with Gasteiger partial charge in [0.05, 0.1) is 26.2 Å². The Hall–Kier alpha value is -1.05. The fourth-order valence-electron chi connectivity index (χ4n) is 1.85. The summed E-state index contributed by atoms with van der Waals surface area (Å²) in [5, 5.41) is 0. The van der Waals surface area contributed by atoms with Crippen molar-refractivity contribution in [1.82, 2.24) is 4.90 Å². The molecule has 17 heavy (non-hydrogen) atoms. The zero-order valence-corrected chi connectivity index (χ0v) is 10.7. The first-order valence-corrected chi connectivity index (χ1v) is 6.06. The smallest absolute Gasteiger partial charge is 0.306 e. The minimum absolute atomic E-state index is 0.174. The van der Waals surface area contributed by atoms with Gasteiger partial charge in [0.1, 0.15) is 0 Å². The van der Waals surface area contributed by atoms with Crippen molar-refractivity contribution in [2.24, 2.45) is 0 Å². The standard InChI is InChI=1S/C13H21NO3/c1-3-4-8-14(9-7-13(15)16-2)11-12-6-5-10-17-12/h12H,5-11H2,1-2H3. The Kier molecular flexibility index (Phi) is 6.68. The molecule has 0 saturated carbocycles. The molecule has 4 nitrogen and oxygen atoms in total. The first kappa shape index (κ1) is 14.0. The lowest BCUT2D eigenvalue weighted by Gasteiger charge is -2.22. The van der Waals surface area contributed by atoms with E-state index in [9.17, 15) is 4.79 Å². The Labute approximate surface area is 103 Å². The number of ether oxygens (including phenoxy) is 2. The summed E-state index contributed by atoms with van der Waals surface area (Å²) in [6.07, 6.45) is 2.95. The predicted octanol–water partition coefficient (Wildman–Crippen LogP) is 1.05. The third-order valence-corrected chi connectivity index (χ3v) is 2.83. The first-order valence-electron chi connectivity index (χ1n) is 6.06. The molecule has 0 aromatic carbocycles. The van der Waals surface area contributed by atoms with Crippen LogP contribution in [0, 0.1) is 11.8 Å². The molecular formula is C13H21NO3. The van der Waals surface area contributed by atoms with Crippen molar-refractivity contribution < 1.29 is 14.3 Å². The van der Waals surface area contributed by atoms with Crippen molar-refractivity contribution in [1.29, 1.82) is 0 Å². The molecule has 0 bridgehead atoms. The van der Waals surface area contributed by atoms with Crippen molar-refractivity contribution in [3.63, 3.8) is 0 Å². The van der Waals surface area contributed by atoms with Crippen LogP contribution in [-0.2, 0) is 14.3 Å². The van der Waals surface area contributed by atoms with E-state index in [1.807, 2.05) is 6.92 Å². The number of hydrogen-bond donors (Lipinski definition) is 0. The summed E-state index contributed by atoms with van der Waals surface area (Å²) in [6.45, 7) is 4.90. The molecule has 0 aliphatic carbocycles. The normalized spacial score (nSPS) is 18.9. The molecule has 96 valence electrons. The number of rotatable bonds is 6. The highest BCUT2D eigenvalue weighted by Gasteiger charge is 2.19. The number of esters is 1. The van der Waals surface area contributed by atoms with Crippen LogP contribution in [0.3, 0.4) is 0 Å². The monoisotopic (exact) mass is 239 g/mol. The molecule has 0 N–H and O–H groups in total. The average Bonchev–Trinajstić information content (AvgIpc) is 2.84. The van der Waals surface area contributed by atoms with Gasteiger partial charge in [-0.25, -0.2) is 0 Å². The average molecular weight is 239 g/mol. The molecule has 1 heterocycles. The summed E-state index contributed by atoms with van der Waals surface area (Å²) < 4.78 is 10.2. The molecule has 0 spiro atoms. The van der Waals surface area contributed by atoms with Crippen LogP contribution >= 0.6 is 0 Å². The van der Waals surface area contributed by atoms with E-state index in [0.29, 0.717) is 25.6 Å². The van der Waals surface area contributed by atoms with Gasteiger partial charge in [0, 0.05) is 19.7 Å². The fourth-order valence-corrected chi connectivity index (χ4v) is 1.85. The molecule has 1 unspecified atom stereocenters. The Morgan fingerprint density at radius 2 is 2.41 bits per heavy atom. The molecule has 0 aromatic rings. The molecule has 1 aliphatic rings. The molecule has 1 fully saturated rings. The van der Waals surface area contributed by atoms with E-state index in [4.69, 9.17) is 4.74 Å². The Bertz CT molecular complexity index is 287. The van der Waals surface area contributed by atoms with Crippen molar-refractivity contribution >= 4 is 5.97 Å². The van der Waals surface area contributed by atoms with Gasteiger partial charge in [-0.3, -0.25) is 9.69 Å². The third-order valence-electron chi connectivity index (χ3n) is 2.83. The third kappa shape index (κ3) is 5.71. The summed E-state index contributed by atoms with van der Waals surface area (Å²) in [6, 6.07) is 0. The lowest BCUT2D eigenvalue weighted by Crippen LogP contribution is -2.34. The van der Waals surface area contributed by atoms with Gasteiger partial charge in [-0.1, -0.05) is 5.92 Å². The van der Waals surface area contributed by atoms with Gasteiger partial charge in [-0.05, 0) is 19.8 Å². The maximum absolute atomic E-state index is 11.1. The zero-order valence-electron chi connectivity index (χ0n) is 10.7. The van der Waals surface area contributed by atoms with Gasteiger partial charge >= 0.3 is 5.97 Å². The highest BCUT2D eigenvalue weighted by molar-refractivity contribution is 5.69. The topological polar surface area (TPSA) is 38.8 Å². The number of hydrogen-bond acceptors (Lipinski definition) is 4. The van der Waals surface area contributed by atoms with Gasteiger partial charge < -0.3 is 9.47 Å². The quantitative estimate of drug-likeness (QED) is 0.513. The lowest BCUT2D eigenvalue weighted by molar-refractivity contribution is -0.141. The maximum atomic E-state index is 11.1. The number of carbonyl (C=O) groups excluding carboxylic acids is 1. The van der Waals surface area contributed by atoms with Crippen LogP contribution in [0.4, 0.5) is 0 Å². The van der Waals surface area contributed by atoms with Crippen molar-refractivity contribution in [2.75, 3.05) is 33.4 Å². The van der Waals surface area contributed by atoms with Crippen molar-refractivity contribution in [2.45, 2.75) is 32.3 Å². The minimum atomic E-state index is -0.174. The zero-order chi connectivity index (χ0) is 12.5.